The van der Waals surface area contributed by atoms with Crippen LogP contribution in [0.2, 0.25) is 10.0 Å². The molecule has 0 spiro atoms. The van der Waals surface area contributed by atoms with Crippen molar-refractivity contribution in [3.63, 3.8) is 0 Å². The number of hydrogen-bond acceptors (Lipinski definition) is 4. The van der Waals surface area contributed by atoms with Gasteiger partial charge in [0.25, 0.3) is 11.1 Å². The Morgan fingerprint density at radius 1 is 1.07 bits per heavy atom. The van der Waals surface area contributed by atoms with Crippen LogP contribution in [0.1, 0.15) is 23.1 Å². The first kappa shape index (κ1) is 21.0. The van der Waals surface area contributed by atoms with E-state index in [9.17, 15) is 0 Å². The largest absolute Gasteiger partial charge is 1.00 e. The smallest absolute Gasteiger partial charge is 0.277 e. The molecule has 0 aliphatic carbocycles. The number of fused-ring (bicyclic) bond motifs is 1. The van der Waals surface area contributed by atoms with Gasteiger partial charge in [0.05, 0.1) is 0 Å². The van der Waals surface area contributed by atoms with Gasteiger partial charge in [0.15, 0.2) is 6.04 Å². The van der Waals surface area contributed by atoms with Crippen LogP contribution in [0.5, 0.6) is 0 Å². The summed E-state index contributed by atoms with van der Waals surface area (Å²) in [6.07, 6.45) is 2.72. The molecule has 4 rings (SSSR count). The minimum atomic E-state index is -0.130. The molecule has 0 aliphatic heterocycles. The summed E-state index contributed by atoms with van der Waals surface area (Å²) in [5.41, 5.74) is 7.34. The van der Waals surface area contributed by atoms with Gasteiger partial charge in [0, 0.05) is 39.3 Å². The third-order valence-corrected chi connectivity index (χ3v) is 5.87. The van der Waals surface area contributed by atoms with Gasteiger partial charge < -0.3 is 27.5 Å². The lowest BCUT2D eigenvalue weighted by Crippen LogP contribution is -3.00. The van der Waals surface area contributed by atoms with Crippen molar-refractivity contribution < 1.29 is 22.6 Å². The van der Waals surface area contributed by atoms with Crippen molar-refractivity contribution in [2.45, 2.75) is 23.4 Å². The number of hydrogen-bond donors (Lipinski definition) is 2. The van der Waals surface area contributed by atoms with Crippen LogP contribution in [0.25, 0.3) is 10.9 Å². The highest BCUT2D eigenvalue weighted by Crippen LogP contribution is 2.31. The molecule has 4 N–H and O–H groups in total. The topological polar surface area (TPSA) is 82.4 Å². The first-order valence-corrected chi connectivity index (χ1v) is 10.1. The third-order valence-electron chi connectivity index (χ3n) is 4.31. The Morgan fingerprint density at radius 3 is 2.61 bits per heavy atom. The van der Waals surface area contributed by atoms with Gasteiger partial charge in [-0.15, -0.1) is 10.2 Å². The second-order valence-corrected chi connectivity index (χ2v) is 7.90. The number of rotatable bonds is 6. The van der Waals surface area contributed by atoms with Crippen LogP contribution in [0.4, 0.5) is 0 Å². The lowest BCUT2D eigenvalue weighted by molar-refractivity contribution is -0.431. The summed E-state index contributed by atoms with van der Waals surface area (Å²) in [4.78, 5) is 3.28. The Balaban J connectivity index is 0.00000225. The van der Waals surface area contributed by atoms with Gasteiger partial charge in [-0.2, -0.15) is 0 Å². The minimum absolute atomic E-state index is 0. The van der Waals surface area contributed by atoms with Gasteiger partial charge in [0.1, 0.15) is 0 Å². The molecule has 0 saturated heterocycles. The van der Waals surface area contributed by atoms with E-state index in [1.165, 1.54) is 22.7 Å². The van der Waals surface area contributed by atoms with Gasteiger partial charge in [-0.25, -0.2) is 0 Å². The second kappa shape index (κ2) is 9.20. The Kier molecular flexibility index (Phi) is 6.91. The Hall–Kier alpha value is -1.70. The number of benzene rings is 2. The molecule has 2 heterocycles. The molecule has 1 atom stereocenters. The van der Waals surface area contributed by atoms with E-state index in [4.69, 9.17) is 27.6 Å². The van der Waals surface area contributed by atoms with Crippen molar-refractivity contribution in [2.75, 3.05) is 0 Å². The van der Waals surface area contributed by atoms with E-state index in [1.807, 2.05) is 36.5 Å². The zero-order chi connectivity index (χ0) is 18.8. The predicted molar refractivity (Wildman–Crippen MR) is 108 cm³/mol. The van der Waals surface area contributed by atoms with Crippen molar-refractivity contribution >= 4 is 45.9 Å². The molecular weight excluding hydrogens is 439 g/mol. The normalized spacial score (nSPS) is 12.1. The Labute approximate surface area is 182 Å². The van der Waals surface area contributed by atoms with Gasteiger partial charge in [0.2, 0.25) is 0 Å². The fourth-order valence-corrected chi connectivity index (χ4v) is 4.41. The van der Waals surface area contributed by atoms with E-state index in [-0.39, 0.29) is 18.4 Å². The number of aromatic nitrogens is 3. The van der Waals surface area contributed by atoms with E-state index in [0.717, 1.165) is 11.1 Å². The van der Waals surface area contributed by atoms with E-state index in [1.54, 1.807) is 0 Å². The van der Waals surface area contributed by atoms with Gasteiger partial charge in [-0.3, -0.25) is 0 Å². The number of nitrogens with one attached hydrogen (secondary N) is 1. The number of H-pyrrole nitrogens is 1. The third kappa shape index (κ3) is 4.47. The summed E-state index contributed by atoms with van der Waals surface area (Å²) in [6.45, 7) is 0. The fourth-order valence-electron chi connectivity index (χ4n) is 2.90. The van der Waals surface area contributed by atoms with Crippen molar-refractivity contribution in [2.24, 2.45) is 0 Å². The fraction of sp³-hybridized carbons (Fsp3) is 0.158. The Bertz CT molecular complexity index is 1060. The highest BCUT2D eigenvalue weighted by atomic mass is 35.5. The van der Waals surface area contributed by atoms with E-state index in [2.05, 4.69) is 33.0 Å². The highest BCUT2D eigenvalue weighted by molar-refractivity contribution is 7.98. The summed E-state index contributed by atoms with van der Waals surface area (Å²) >= 11 is 13.8. The summed E-state index contributed by atoms with van der Waals surface area (Å²) < 4.78 is 5.79. The molecule has 0 saturated carbocycles. The first-order chi connectivity index (χ1) is 13.1. The van der Waals surface area contributed by atoms with E-state index < -0.39 is 0 Å². The molecule has 0 unspecified atom stereocenters. The van der Waals surface area contributed by atoms with E-state index >= 15 is 0 Å². The van der Waals surface area contributed by atoms with Crippen LogP contribution >= 0.6 is 35.0 Å². The molecule has 2 aromatic heterocycles. The number of aromatic amines is 1. The van der Waals surface area contributed by atoms with E-state index in [0.29, 0.717) is 33.3 Å². The molecule has 0 amide bonds. The molecule has 0 fully saturated rings. The predicted octanol–water partition coefficient (Wildman–Crippen LogP) is 1.68. The minimum Gasteiger partial charge on any atom is -1.00 e. The number of quaternary nitrogens is 1. The molecule has 0 radical (unpaired) electrons. The van der Waals surface area contributed by atoms with Crippen molar-refractivity contribution in [1.29, 1.82) is 0 Å². The van der Waals surface area contributed by atoms with Gasteiger partial charge in [-0.1, -0.05) is 59.2 Å². The van der Waals surface area contributed by atoms with Gasteiger partial charge in [-0.05, 0) is 29.3 Å². The summed E-state index contributed by atoms with van der Waals surface area (Å²) in [5.74, 6) is 1.08. The monoisotopic (exact) mass is 454 g/mol. The molecule has 5 nitrogen and oxygen atoms in total. The lowest BCUT2D eigenvalue weighted by Gasteiger charge is -2.04. The maximum atomic E-state index is 6.20. The van der Waals surface area contributed by atoms with Crippen LogP contribution in [0, 0.1) is 0 Å². The van der Waals surface area contributed by atoms with Crippen LogP contribution in [0.15, 0.2) is 58.3 Å². The van der Waals surface area contributed by atoms with Crippen molar-refractivity contribution in [3.05, 3.63) is 75.7 Å². The zero-order valence-electron chi connectivity index (χ0n) is 14.7. The zero-order valence-corrected chi connectivity index (χ0v) is 17.7. The van der Waals surface area contributed by atoms with Crippen molar-refractivity contribution in [1.82, 2.24) is 15.2 Å². The van der Waals surface area contributed by atoms with Crippen molar-refractivity contribution in [3.8, 4) is 0 Å². The SMILES string of the molecule is [Cl-].[NH3+][C@@H](Cc1c[nH]c2ccccc12)c1nnc(SCc2c(Cl)cccc2Cl)o1. The number of halogens is 3. The molecular formula is C19H17Cl3N4OS. The molecule has 28 heavy (non-hydrogen) atoms. The number of para-hydroxylation sites is 1. The standard InChI is InChI=1S/C19H16Cl2N4OS.ClH/c20-14-5-3-6-15(21)13(14)10-27-19-25-24-18(26-19)16(22)8-11-9-23-17-7-2-1-4-12(11)17;/h1-7,9,16,23H,8,10,22H2;1H/t16-;/m0./s1. The molecule has 4 aromatic rings. The quantitative estimate of drug-likeness (QED) is 0.433. The highest BCUT2D eigenvalue weighted by Gasteiger charge is 2.20. The number of thioether (sulfide) groups is 1. The molecule has 146 valence electrons. The first-order valence-electron chi connectivity index (χ1n) is 8.39. The van der Waals surface area contributed by atoms with Gasteiger partial charge >= 0.3 is 0 Å². The summed E-state index contributed by atoms with van der Waals surface area (Å²) in [7, 11) is 0. The average molecular weight is 456 g/mol. The number of nitrogens with zero attached hydrogens (tertiary/aromatic N) is 2. The van der Waals surface area contributed by atoms with Crippen LogP contribution in [-0.2, 0) is 12.2 Å². The van der Waals surface area contributed by atoms with Crippen LogP contribution in [-0.4, -0.2) is 15.2 Å². The summed E-state index contributed by atoms with van der Waals surface area (Å²) in [6, 6.07) is 13.5. The lowest BCUT2D eigenvalue weighted by atomic mass is 10.1. The maximum absolute atomic E-state index is 6.20. The Morgan fingerprint density at radius 2 is 1.82 bits per heavy atom. The van der Waals surface area contributed by atoms with Crippen LogP contribution in [0.3, 0.4) is 0 Å². The molecule has 2 aromatic carbocycles. The molecule has 9 heteroatoms. The van der Waals surface area contributed by atoms with Crippen LogP contribution < -0.4 is 18.1 Å². The molecule has 0 aliphatic rings. The maximum Gasteiger partial charge on any atom is 0.277 e. The molecule has 0 bridgehead atoms. The summed E-state index contributed by atoms with van der Waals surface area (Å²) in [5, 5.41) is 11.2. The average Bonchev–Trinajstić information content (AvgIpc) is 3.29. The second-order valence-electron chi connectivity index (χ2n) is 6.16.